The van der Waals surface area contributed by atoms with Crippen molar-refractivity contribution in [2.24, 2.45) is 14.1 Å². The molecule has 21 heavy (non-hydrogen) atoms. The summed E-state index contributed by atoms with van der Waals surface area (Å²) in [7, 11) is -0.839. The first-order chi connectivity index (χ1) is 9.72. The van der Waals surface area contributed by atoms with Crippen LogP contribution in [0.4, 0.5) is 0 Å². The van der Waals surface area contributed by atoms with E-state index in [1.165, 1.54) is 10.9 Å². The Labute approximate surface area is 134 Å². The first-order valence-corrected chi connectivity index (χ1v) is 8.18. The second-order valence-corrected chi connectivity index (χ2v) is 7.04. The summed E-state index contributed by atoms with van der Waals surface area (Å²) in [5.74, 6) is -0.612. The van der Waals surface area contributed by atoms with Gasteiger partial charge in [-0.05, 0) is 22.0 Å². The number of sulfonamides is 1. The molecule has 2 aromatic heterocycles. The second-order valence-electron chi connectivity index (χ2n) is 4.17. The van der Waals surface area contributed by atoms with Crippen molar-refractivity contribution < 1.29 is 13.2 Å². The Morgan fingerprint density at radius 1 is 1.38 bits per heavy atom. The summed E-state index contributed by atoms with van der Waals surface area (Å²) in [4.78, 5) is 17.5. The van der Waals surface area contributed by atoms with Gasteiger partial charge in [0.25, 0.3) is 15.9 Å². The van der Waals surface area contributed by atoms with Crippen LogP contribution in [0.2, 0.25) is 5.15 Å². The number of nitrogens with one attached hydrogen (secondary N) is 2. The average molecular weight is 397 g/mol. The van der Waals surface area contributed by atoms with Gasteiger partial charge in [-0.25, -0.2) is 13.4 Å². The zero-order valence-electron chi connectivity index (χ0n) is 11.0. The van der Waals surface area contributed by atoms with Crippen molar-refractivity contribution in [2.45, 2.75) is 5.03 Å². The lowest BCUT2D eigenvalue weighted by molar-refractivity contribution is 0.0937. The number of nitrogens with zero attached hydrogens (tertiary/aromatic N) is 3. The summed E-state index contributed by atoms with van der Waals surface area (Å²) < 4.78 is 27.6. The molecule has 0 aliphatic carbocycles. The van der Waals surface area contributed by atoms with Gasteiger partial charge >= 0.3 is 0 Å². The van der Waals surface area contributed by atoms with Crippen LogP contribution in [0.15, 0.2) is 28.1 Å². The summed E-state index contributed by atoms with van der Waals surface area (Å²) in [6, 6.07) is 1.55. The predicted molar refractivity (Wildman–Crippen MR) is 79.1 cm³/mol. The van der Waals surface area contributed by atoms with E-state index in [4.69, 9.17) is 11.6 Å². The van der Waals surface area contributed by atoms with Crippen molar-refractivity contribution in [1.29, 1.82) is 0 Å². The minimum Gasteiger partial charge on any atom is -0.345 e. The number of carbonyl (C=O) groups is 1. The molecule has 0 bridgehead atoms. The van der Waals surface area contributed by atoms with Crippen molar-refractivity contribution in [1.82, 2.24) is 24.4 Å². The van der Waals surface area contributed by atoms with E-state index >= 15 is 0 Å². The van der Waals surface area contributed by atoms with E-state index in [2.05, 4.69) is 26.3 Å². The van der Waals surface area contributed by atoms with Gasteiger partial charge in [0.1, 0.15) is 10.8 Å². The van der Waals surface area contributed by atoms with E-state index < -0.39 is 15.9 Å². The SMILES string of the molecule is Cn1cc(Br)cc1C(=O)NNS(=O)(=O)c1ncn(C)c1Cl. The molecule has 8 nitrogen and oxygen atoms in total. The Hall–Kier alpha value is -1.36. The van der Waals surface area contributed by atoms with Gasteiger partial charge < -0.3 is 9.13 Å². The molecule has 0 aliphatic rings. The zero-order chi connectivity index (χ0) is 15.8. The van der Waals surface area contributed by atoms with Gasteiger partial charge in [0.15, 0.2) is 0 Å². The van der Waals surface area contributed by atoms with Crippen LogP contribution in [-0.2, 0) is 24.1 Å². The van der Waals surface area contributed by atoms with Crippen LogP contribution in [0.25, 0.3) is 0 Å². The first kappa shape index (κ1) is 16.0. The number of hydrogen-bond donors (Lipinski definition) is 2. The number of amides is 1. The second kappa shape index (κ2) is 5.79. The molecule has 0 saturated carbocycles. The molecule has 0 radical (unpaired) electrons. The number of aryl methyl sites for hydroxylation is 2. The fourth-order valence-electron chi connectivity index (χ4n) is 1.55. The monoisotopic (exact) mass is 395 g/mol. The topological polar surface area (TPSA) is 98.0 Å². The van der Waals surface area contributed by atoms with E-state index in [0.717, 1.165) is 0 Å². The lowest BCUT2D eigenvalue weighted by Gasteiger charge is -2.07. The maximum absolute atomic E-state index is 12.0. The lowest BCUT2D eigenvalue weighted by atomic mass is 10.4. The standard InChI is InChI=1S/C10H11BrClN5O3S/c1-16-4-6(11)3-7(16)9(18)14-15-21(19,20)10-8(12)17(2)5-13-10/h3-5,15H,1-2H3,(H,14,18). The predicted octanol–water partition coefficient (Wildman–Crippen LogP) is 0.798. The molecular weight excluding hydrogens is 386 g/mol. The maximum Gasteiger partial charge on any atom is 0.282 e. The minimum atomic E-state index is -4.05. The Balaban J connectivity index is 2.14. The van der Waals surface area contributed by atoms with E-state index in [0.29, 0.717) is 4.47 Å². The normalized spacial score (nSPS) is 11.6. The Morgan fingerprint density at radius 3 is 2.52 bits per heavy atom. The summed E-state index contributed by atoms with van der Waals surface area (Å²) in [5, 5.41) is -0.418. The minimum absolute atomic E-state index is 0.0571. The molecule has 0 fully saturated rings. The van der Waals surface area contributed by atoms with Crippen LogP contribution in [0.5, 0.6) is 0 Å². The van der Waals surface area contributed by atoms with E-state index in [9.17, 15) is 13.2 Å². The first-order valence-electron chi connectivity index (χ1n) is 5.53. The number of imidazole rings is 1. The van der Waals surface area contributed by atoms with Crippen molar-refractivity contribution in [3.05, 3.63) is 33.9 Å². The van der Waals surface area contributed by atoms with Gasteiger partial charge in [0, 0.05) is 24.8 Å². The molecule has 2 heterocycles. The molecule has 2 N–H and O–H groups in total. The highest BCUT2D eigenvalue weighted by Crippen LogP contribution is 2.18. The van der Waals surface area contributed by atoms with Crippen LogP contribution in [0.3, 0.4) is 0 Å². The fraction of sp³-hybridized carbons (Fsp3) is 0.200. The molecule has 0 aromatic carbocycles. The molecule has 0 spiro atoms. The summed E-state index contributed by atoms with van der Waals surface area (Å²) in [6.07, 6.45) is 2.92. The molecule has 0 atom stereocenters. The molecule has 11 heteroatoms. The van der Waals surface area contributed by atoms with Crippen LogP contribution < -0.4 is 10.3 Å². The largest absolute Gasteiger partial charge is 0.345 e. The number of hydrogen-bond acceptors (Lipinski definition) is 4. The third kappa shape index (κ3) is 3.28. The van der Waals surface area contributed by atoms with Gasteiger partial charge in [-0.15, -0.1) is 4.83 Å². The summed E-state index contributed by atoms with van der Waals surface area (Å²) in [6.45, 7) is 0. The Kier molecular flexibility index (Phi) is 4.42. The highest BCUT2D eigenvalue weighted by molar-refractivity contribution is 9.10. The molecule has 114 valence electrons. The molecule has 0 saturated heterocycles. The van der Waals surface area contributed by atoms with E-state index in [1.54, 1.807) is 30.9 Å². The number of rotatable bonds is 4. The molecule has 2 rings (SSSR count). The van der Waals surface area contributed by atoms with Crippen LogP contribution in [0, 0.1) is 0 Å². The number of aromatic nitrogens is 3. The van der Waals surface area contributed by atoms with Gasteiger partial charge in [-0.2, -0.15) is 0 Å². The number of halogens is 2. The Bertz CT molecular complexity index is 798. The van der Waals surface area contributed by atoms with Gasteiger partial charge in [0.05, 0.1) is 6.33 Å². The van der Waals surface area contributed by atoms with Gasteiger partial charge in [0.2, 0.25) is 5.03 Å². The fourth-order valence-corrected chi connectivity index (χ4v) is 3.35. The maximum atomic E-state index is 12.0. The van der Waals surface area contributed by atoms with Crippen LogP contribution >= 0.6 is 27.5 Å². The average Bonchev–Trinajstić information content (AvgIpc) is 2.91. The van der Waals surface area contributed by atoms with Crippen molar-refractivity contribution in [3.63, 3.8) is 0 Å². The number of hydrazine groups is 1. The smallest absolute Gasteiger partial charge is 0.282 e. The quantitative estimate of drug-likeness (QED) is 0.747. The highest BCUT2D eigenvalue weighted by atomic mass is 79.9. The summed E-state index contributed by atoms with van der Waals surface area (Å²) >= 11 is 9.03. The van der Waals surface area contributed by atoms with Crippen molar-refractivity contribution >= 4 is 43.5 Å². The van der Waals surface area contributed by atoms with E-state index in [-0.39, 0.29) is 15.9 Å². The van der Waals surface area contributed by atoms with Gasteiger partial charge in [-0.3, -0.25) is 10.2 Å². The van der Waals surface area contributed by atoms with Crippen LogP contribution in [-0.4, -0.2) is 28.4 Å². The highest BCUT2D eigenvalue weighted by Gasteiger charge is 2.23. The number of carbonyl (C=O) groups excluding carboxylic acids is 1. The molecular formula is C10H11BrClN5O3S. The zero-order valence-corrected chi connectivity index (χ0v) is 14.1. The molecule has 0 unspecified atom stereocenters. The lowest BCUT2D eigenvalue weighted by Crippen LogP contribution is -2.42. The third-order valence-electron chi connectivity index (χ3n) is 2.59. The Morgan fingerprint density at radius 2 is 2.05 bits per heavy atom. The third-order valence-corrected chi connectivity index (χ3v) is 4.76. The van der Waals surface area contributed by atoms with Gasteiger partial charge in [-0.1, -0.05) is 11.6 Å². The van der Waals surface area contributed by atoms with Crippen LogP contribution in [0.1, 0.15) is 10.5 Å². The van der Waals surface area contributed by atoms with Crippen molar-refractivity contribution in [3.8, 4) is 0 Å². The molecule has 1 amide bonds. The summed E-state index contributed by atoms with van der Waals surface area (Å²) in [5.41, 5.74) is 2.38. The van der Waals surface area contributed by atoms with E-state index in [1.807, 2.05) is 4.83 Å². The molecule has 2 aromatic rings. The molecule has 0 aliphatic heterocycles. The van der Waals surface area contributed by atoms with Crippen molar-refractivity contribution in [2.75, 3.05) is 0 Å².